The molecule has 0 radical (unpaired) electrons. The minimum atomic E-state index is -0.0436. The van der Waals surface area contributed by atoms with Crippen molar-refractivity contribution in [3.63, 3.8) is 0 Å². The van der Waals surface area contributed by atoms with Crippen LogP contribution in [0.25, 0.3) is 10.2 Å². The number of carbonyl (C=O) groups is 1. The maximum atomic E-state index is 12.8. The lowest BCUT2D eigenvalue weighted by Crippen LogP contribution is -2.20. The molecule has 3 heterocycles. The molecule has 3 aromatic rings. The monoisotopic (exact) mass is 403 g/mol. The number of hydrogen-bond donors (Lipinski definition) is 0. The van der Waals surface area contributed by atoms with Crippen molar-refractivity contribution in [2.24, 2.45) is 7.05 Å². The van der Waals surface area contributed by atoms with E-state index in [1.165, 1.54) is 23.1 Å². The topological polar surface area (TPSA) is 56.9 Å². The number of Topliss-reactive ketones (excluding diaryl/α,β-unsaturated/α-hetero) is 1. The van der Waals surface area contributed by atoms with Gasteiger partial charge in [0, 0.05) is 35.4 Å². The minimum Gasteiger partial charge on any atom is -0.348 e. The SMILES string of the molecule is CCCn1c(C)cc(C(=O)CSc2nc3sc(C)c(C)c3c(=O)n2C)c1C. The Morgan fingerprint density at radius 2 is 1.96 bits per heavy atom. The predicted octanol–water partition coefficient (Wildman–Crippen LogP) is 4.42. The molecule has 3 aromatic heterocycles. The summed E-state index contributed by atoms with van der Waals surface area (Å²) in [6.45, 7) is 11.0. The summed E-state index contributed by atoms with van der Waals surface area (Å²) >= 11 is 2.86. The first-order chi connectivity index (χ1) is 12.8. The standard InChI is InChI=1S/C20H25N3O2S2/c1-7-8-23-11(2)9-15(13(23)4)16(24)10-26-20-21-18-17(19(25)22(20)6)12(3)14(5)27-18/h9H,7-8,10H2,1-6H3. The molecule has 7 heteroatoms. The fourth-order valence-electron chi connectivity index (χ4n) is 3.34. The molecular weight excluding hydrogens is 378 g/mol. The van der Waals surface area contributed by atoms with E-state index in [1.807, 2.05) is 33.8 Å². The zero-order chi connectivity index (χ0) is 19.9. The number of carbonyl (C=O) groups excluding carboxylic acids is 1. The van der Waals surface area contributed by atoms with Gasteiger partial charge in [0.15, 0.2) is 10.9 Å². The Morgan fingerprint density at radius 3 is 2.63 bits per heavy atom. The second-order valence-electron chi connectivity index (χ2n) is 6.87. The molecule has 3 rings (SSSR count). The second kappa shape index (κ2) is 7.64. The Morgan fingerprint density at radius 1 is 1.26 bits per heavy atom. The fourth-order valence-corrected chi connectivity index (χ4v) is 5.27. The van der Waals surface area contributed by atoms with Crippen LogP contribution >= 0.6 is 23.1 Å². The Kier molecular flexibility index (Phi) is 5.63. The number of ketones is 1. The molecule has 5 nitrogen and oxygen atoms in total. The Bertz CT molecular complexity index is 1090. The van der Waals surface area contributed by atoms with E-state index >= 15 is 0 Å². The van der Waals surface area contributed by atoms with Gasteiger partial charge in [-0.1, -0.05) is 18.7 Å². The lowest BCUT2D eigenvalue weighted by atomic mass is 10.2. The number of hydrogen-bond acceptors (Lipinski definition) is 5. The summed E-state index contributed by atoms with van der Waals surface area (Å²) in [4.78, 5) is 32.0. The van der Waals surface area contributed by atoms with Crippen molar-refractivity contribution in [2.75, 3.05) is 5.75 Å². The van der Waals surface area contributed by atoms with Crippen molar-refractivity contribution in [1.82, 2.24) is 14.1 Å². The minimum absolute atomic E-state index is 0.0436. The highest BCUT2D eigenvalue weighted by atomic mass is 32.2. The third-order valence-corrected chi connectivity index (χ3v) is 7.15. The van der Waals surface area contributed by atoms with Gasteiger partial charge in [0.25, 0.3) is 5.56 Å². The number of fused-ring (bicyclic) bond motifs is 1. The van der Waals surface area contributed by atoms with Gasteiger partial charge >= 0.3 is 0 Å². The Hall–Kier alpha value is -1.86. The molecule has 0 unspecified atom stereocenters. The van der Waals surface area contributed by atoms with Crippen LogP contribution in [0.4, 0.5) is 0 Å². The number of nitrogens with zero attached hydrogens (tertiary/aromatic N) is 3. The summed E-state index contributed by atoms with van der Waals surface area (Å²) in [7, 11) is 1.72. The van der Waals surface area contributed by atoms with Gasteiger partial charge in [-0.25, -0.2) is 4.98 Å². The van der Waals surface area contributed by atoms with Crippen molar-refractivity contribution in [3.05, 3.63) is 43.8 Å². The molecule has 0 saturated carbocycles. The normalized spacial score (nSPS) is 11.5. The van der Waals surface area contributed by atoms with E-state index < -0.39 is 0 Å². The molecule has 0 spiro atoms. The van der Waals surface area contributed by atoms with Gasteiger partial charge in [0.1, 0.15) is 4.83 Å². The molecule has 0 fully saturated rings. The Labute approximate surface area is 167 Å². The number of aryl methyl sites for hydroxylation is 3. The number of aromatic nitrogens is 3. The molecule has 0 bridgehead atoms. The molecule has 27 heavy (non-hydrogen) atoms. The van der Waals surface area contributed by atoms with Crippen LogP contribution in [0, 0.1) is 27.7 Å². The molecule has 0 aliphatic heterocycles. The van der Waals surface area contributed by atoms with Crippen LogP contribution in [0.3, 0.4) is 0 Å². The summed E-state index contributed by atoms with van der Waals surface area (Å²) < 4.78 is 3.74. The first kappa shape index (κ1) is 19.9. The van der Waals surface area contributed by atoms with Crippen LogP contribution in [-0.2, 0) is 13.6 Å². The van der Waals surface area contributed by atoms with E-state index in [9.17, 15) is 9.59 Å². The molecular formula is C20H25N3O2S2. The van der Waals surface area contributed by atoms with Crippen molar-refractivity contribution >= 4 is 39.1 Å². The molecule has 0 aromatic carbocycles. The highest BCUT2D eigenvalue weighted by Crippen LogP contribution is 2.28. The lowest BCUT2D eigenvalue weighted by Gasteiger charge is -2.08. The number of rotatable bonds is 6. The van der Waals surface area contributed by atoms with Crippen molar-refractivity contribution in [2.45, 2.75) is 52.7 Å². The summed E-state index contributed by atoms with van der Waals surface area (Å²) in [5, 5.41) is 1.28. The van der Waals surface area contributed by atoms with Crippen molar-refractivity contribution in [3.8, 4) is 0 Å². The molecule has 0 saturated heterocycles. The smallest absolute Gasteiger partial charge is 0.262 e. The van der Waals surface area contributed by atoms with Gasteiger partial charge in [-0.15, -0.1) is 11.3 Å². The van der Waals surface area contributed by atoms with Gasteiger partial charge in [-0.2, -0.15) is 0 Å². The van der Waals surface area contributed by atoms with Crippen LogP contribution in [-0.4, -0.2) is 25.7 Å². The highest BCUT2D eigenvalue weighted by molar-refractivity contribution is 7.99. The van der Waals surface area contributed by atoms with E-state index in [2.05, 4.69) is 16.5 Å². The number of thiophene rings is 1. The fraction of sp³-hybridized carbons (Fsp3) is 0.450. The summed E-state index contributed by atoms with van der Waals surface area (Å²) in [5.41, 5.74) is 3.85. The Balaban J connectivity index is 1.87. The average molecular weight is 404 g/mol. The maximum Gasteiger partial charge on any atom is 0.262 e. The van der Waals surface area contributed by atoms with E-state index in [-0.39, 0.29) is 17.1 Å². The zero-order valence-corrected chi connectivity index (χ0v) is 18.3. The zero-order valence-electron chi connectivity index (χ0n) is 16.7. The maximum absolute atomic E-state index is 12.8. The van der Waals surface area contributed by atoms with E-state index in [0.29, 0.717) is 10.5 Å². The van der Waals surface area contributed by atoms with Crippen LogP contribution in [0.1, 0.15) is 45.5 Å². The molecule has 0 atom stereocenters. The van der Waals surface area contributed by atoms with Gasteiger partial charge in [0.2, 0.25) is 0 Å². The van der Waals surface area contributed by atoms with Gasteiger partial charge in [-0.3, -0.25) is 14.2 Å². The van der Waals surface area contributed by atoms with Crippen molar-refractivity contribution < 1.29 is 4.79 Å². The van der Waals surface area contributed by atoms with Crippen LogP contribution in [0.5, 0.6) is 0 Å². The second-order valence-corrected chi connectivity index (χ2v) is 9.02. The van der Waals surface area contributed by atoms with Crippen molar-refractivity contribution in [1.29, 1.82) is 0 Å². The molecule has 0 aliphatic rings. The highest BCUT2D eigenvalue weighted by Gasteiger charge is 2.18. The van der Waals surface area contributed by atoms with Crippen LogP contribution in [0.15, 0.2) is 16.0 Å². The molecule has 144 valence electrons. The molecule has 0 aliphatic carbocycles. The first-order valence-corrected chi connectivity index (χ1v) is 10.9. The van der Waals surface area contributed by atoms with Gasteiger partial charge in [0.05, 0.1) is 11.1 Å². The summed E-state index contributed by atoms with van der Waals surface area (Å²) in [5.74, 6) is 0.342. The average Bonchev–Trinajstić information content (AvgIpc) is 3.07. The molecule has 0 amide bonds. The largest absolute Gasteiger partial charge is 0.348 e. The molecule has 0 N–H and O–H groups in total. The van der Waals surface area contributed by atoms with E-state index in [4.69, 9.17) is 0 Å². The van der Waals surface area contributed by atoms with E-state index in [1.54, 1.807) is 11.6 Å². The van der Waals surface area contributed by atoms with E-state index in [0.717, 1.165) is 45.2 Å². The van der Waals surface area contributed by atoms with Gasteiger partial charge < -0.3 is 4.57 Å². The van der Waals surface area contributed by atoms with Crippen LogP contribution in [0.2, 0.25) is 0 Å². The third kappa shape index (κ3) is 3.50. The van der Waals surface area contributed by atoms with Crippen LogP contribution < -0.4 is 5.56 Å². The summed E-state index contributed by atoms with van der Waals surface area (Å²) in [6.07, 6.45) is 1.03. The first-order valence-electron chi connectivity index (χ1n) is 9.05. The van der Waals surface area contributed by atoms with Gasteiger partial charge in [-0.05, 0) is 45.7 Å². The lowest BCUT2D eigenvalue weighted by molar-refractivity contribution is 0.102. The summed E-state index contributed by atoms with van der Waals surface area (Å²) in [6, 6.07) is 1.97. The third-order valence-electron chi connectivity index (χ3n) is 5.02. The quantitative estimate of drug-likeness (QED) is 0.347. The number of thioether (sulfide) groups is 1. The predicted molar refractivity (Wildman–Crippen MR) is 114 cm³/mol.